The van der Waals surface area contributed by atoms with Crippen LogP contribution in [0.25, 0.3) is 39.5 Å². The first-order valence-electron chi connectivity index (χ1n) is 15.8. The maximum absolute atomic E-state index is 12.0. The van der Waals surface area contributed by atoms with E-state index in [1.54, 1.807) is 0 Å². The van der Waals surface area contributed by atoms with E-state index < -0.39 is 0 Å². The number of hydrogen-bond acceptors (Lipinski definition) is 2. The molecule has 0 bridgehead atoms. The van der Waals surface area contributed by atoms with Crippen molar-refractivity contribution in [2.45, 2.75) is 91.9 Å². The summed E-state index contributed by atoms with van der Waals surface area (Å²) >= 11 is 0. The molecule has 1 heterocycles. The van der Waals surface area contributed by atoms with Gasteiger partial charge in [-0.05, 0) is 45.4 Å². The summed E-state index contributed by atoms with van der Waals surface area (Å²) in [6.45, 7) is 22.1. The van der Waals surface area contributed by atoms with E-state index in [0.717, 1.165) is 45.0 Å². The van der Waals surface area contributed by atoms with Gasteiger partial charge in [0.05, 0.1) is 11.3 Å². The molecule has 0 aliphatic rings. The Labute approximate surface area is 286 Å². The molecule has 0 atom stereocenters. The number of aromatic hydroxyl groups is 1. The van der Waals surface area contributed by atoms with Crippen LogP contribution in [0.15, 0.2) is 79.0 Å². The van der Waals surface area contributed by atoms with Crippen LogP contribution in [0.1, 0.15) is 103 Å². The summed E-state index contributed by atoms with van der Waals surface area (Å²) in [5.41, 5.74) is 9.77. The maximum atomic E-state index is 12.0. The molecule has 0 unspecified atom stereocenters. The van der Waals surface area contributed by atoms with Crippen LogP contribution in [0.2, 0.25) is 0 Å². The van der Waals surface area contributed by atoms with Gasteiger partial charge < -0.3 is 9.67 Å². The Morgan fingerprint density at radius 3 is 1.89 bits per heavy atom. The van der Waals surface area contributed by atoms with E-state index in [1.165, 1.54) is 16.7 Å². The molecular formula is C41H46AuN2O-2. The van der Waals surface area contributed by atoms with Crippen molar-refractivity contribution in [1.82, 2.24) is 9.55 Å². The normalized spacial score (nSPS) is 12.1. The summed E-state index contributed by atoms with van der Waals surface area (Å²) in [6, 6.07) is 32.0. The average Bonchev–Trinajstić information content (AvgIpc) is 3.41. The van der Waals surface area contributed by atoms with E-state index >= 15 is 0 Å². The molecule has 0 spiro atoms. The van der Waals surface area contributed by atoms with Gasteiger partial charge in [-0.3, -0.25) is 4.98 Å². The molecule has 239 valence electrons. The third-order valence-corrected chi connectivity index (χ3v) is 8.38. The summed E-state index contributed by atoms with van der Waals surface area (Å²) in [7, 11) is 0. The van der Waals surface area contributed by atoms with Gasteiger partial charge in [-0.1, -0.05) is 93.5 Å². The minimum Gasteiger partial charge on any atom is -0.507 e. The number of benzene rings is 4. The number of phenolic OH excluding ortho intramolecular Hbond substituents is 1. The molecule has 45 heavy (non-hydrogen) atoms. The average molecular weight is 780 g/mol. The third-order valence-electron chi connectivity index (χ3n) is 8.38. The zero-order valence-electron chi connectivity index (χ0n) is 28.3. The monoisotopic (exact) mass is 779 g/mol. The van der Waals surface area contributed by atoms with E-state index in [1.807, 2.05) is 18.2 Å². The minimum absolute atomic E-state index is 0. The standard InChI is InChI=1S/C41H46N2O.Au/c1-26(2)32-20-15-21-33(27(3)4)37(32)43-25-36(30-19-14-18-29(22-30)28-16-12-11-13-17-28)42-39(43)34-23-31(40(5,6)7)24-35(38(34)44)41(8,9)10;/h11-16,18-21,23-27,44H,1-10H3;/q-2;. The fraction of sp³-hybridized carbons (Fsp3) is 0.341. The van der Waals surface area contributed by atoms with Crippen molar-refractivity contribution >= 4 is 0 Å². The van der Waals surface area contributed by atoms with E-state index in [0.29, 0.717) is 11.8 Å². The molecule has 0 saturated heterocycles. The molecular weight excluding hydrogens is 733 g/mol. The van der Waals surface area contributed by atoms with Crippen molar-refractivity contribution in [2.75, 3.05) is 0 Å². The molecule has 5 aromatic rings. The van der Waals surface area contributed by atoms with Gasteiger partial charge in [0.15, 0.2) is 0 Å². The van der Waals surface area contributed by atoms with Crippen molar-refractivity contribution in [3.8, 4) is 45.2 Å². The third kappa shape index (κ3) is 7.07. The first-order valence-corrected chi connectivity index (χ1v) is 15.8. The second kappa shape index (κ2) is 13.2. The van der Waals surface area contributed by atoms with Crippen LogP contribution in [0.4, 0.5) is 0 Å². The Kier molecular flexibility index (Phi) is 10.1. The summed E-state index contributed by atoms with van der Waals surface area (Å²) in [5, 5.41) is 12.0. The number of rotatable bonds is 6. The molecule has 1 radical (unpaired) electrons. The van der Waals surface area contributed by atoms with Crippen LogP contribution >= 0.6 is 0 Å². The van der Waals surface area contributed by atoms with Gasteiger partial charge in [-0.15, -0.1) is 23.8 Å². The van der Waals surface area contributed by atoms with E-state index in [4.69, 9.17) is 4.98 Å². The number of phenols is 1. The predicted molar refractivity (Wildman–Crippen MR) is 185 cm³/mol. The zero-order chi connectivity index (χ0) is 32.0. The van der Waals surface area contributed by atoms with Gasteiger partial charge in [-0.25, -0.2) is 5.56 Å². The Hall–Kier alpha value is -3.37. The van der Waals surface area contributed by atoms with Crippen LogP contribution in [-0.4, -0.2) is 14.7 Å². The first-order chi connectivity index (χ1) is 20.7. The van der Waals surface area contributed by atoms with Gasteiger partial charge >= 0.3 is 0 Å². The van der Waals surface area contributed by atoms with Crippen molar-refractivity contribution in [1.29, 1.82) is 0 Å². The summed E-state index contributed by atoms with van der Waals surface area (Å²) < 4.78 is 2.23. The maximum Gasteiger partial charge on any atom is 0.140 e. The van der Waals surface area contributed by atoms with E-state index in [9.17, 15) is 5.11 Å². The van der Waals surface area contributed by atoms with Gasteiger partial charge in [-0.2, -0.15) is 42.0 Å². The molecule has 1 aromatic heterocycles. The summed E-state index contributed by atoms with van der Waals surface area (Å²) in [4.78, 5) is 5.33. The molecule has 1 N–H and O–H groups in total. The topological polar surface area (TPSA) is 38.0 Å². The molecule has 0 amide bonds. The van der Waals surface area contributed by atoms with Gasteiger partial charge in [0, 0.05) is 39.8 Å². The summed E-state index contributed by atoms with van der Waals surface area (Å²) in [5.74, 6) is 1.61. The predicted octanol–water partition coefficient (Wildman–Crippen LogP) is 11.0. The number of imidazole rings is 1. The molecule has 4 aromatic carbocycles. The minimum atomic E-state index is -0.256. The van der Waals surface area contributed by atoms with Crippen LogP contribution in [0, 0.1) is 12.1 Å². The van der Waals surface area contributed by atoms with E-state index in [-0.39, 0.29) is 39.0 Å². The number of aromatic nitrogens is 2. The second-order valence-corrected chi connectivity index (χ2v) is 14.6. The largest absolute Gasteiger partial charge is 0.507 e. The Balaban J connectivity index is 0.00000461. The molecule has 0 aliphatic carbocycles. The quantitative estimate of drug-likeness (QED) is 0.138. The Morgan fingerprint density at radius 2 is 1.33 bits per heavy atom. The van der Waals surface area contributed by atoms with Gasteiger partial charge in [0.2, 0.25) is 0 Å². The van der Waals surface area contributed by atoms with Crippen LogP contribution in [0.5, 0.6) is 5.75 Å². The number of hydrogen-bond donors (Lipinski definition) is 1. The van der Waals surface area contributed by atoms with Crippen molar-refractivity contribution in [2.24, 2.45) is 0 Å². The second-order valence-electron chi connectivity index (χ2n) is 14.6. The molecule has 5 rings (SSSR count). The number of para-hydroxylation sites is 1. The van der Waals surface area contributed by atoms with Crippen LogP contribution in [0.3, 0.4) is 0 Å². The molecule has 0 saturated carbocycles. The fourth-order valence-electron chi connectivity index (χ4n) is 5.81. The molecule has 0 aliphatic heterocycles. The SMILES string of the molecule is CC(C)c1cccc(C(C)C)c1-n1cc(-c2[c-]c(-c3[c-]cccc3)ccc2)nc1-c1cc(C(C)(C)C)cc(C(C)(C)C)c1O.[Au]. The first kappa shape index (κ1) is 34.5. The van der Waals surface area contributed by atoms with Crippen molar-refractivity contribution < 1.29 is 27.5 Å². The van der Waals surface area contributed by atoms with Crippen molar-refractivity contribution in [3.63, 3.8) is 0 Å². The van der Waals surface area contributed by atoms with E-state index in [2.05, 4.69) is 147 Å². The zero-order valence-corrected chi connectivity index (χ0v) is 30.5. The Morgan fingerprint density at radius 1 is 0.733 bits per heavy atom. The molecule has 0 fully saturated rings. The number of nitrogens with zero attached hydrogens (tertiary/aromatic N) is 2. The summed E-state index contributed by atoms with van der Waals surface area (Å²) in [6.07, 6.45) is 2.13. The smallest absolute Gasteiger partial charge is 0.140 e. The Bertz CT molecular complexity index is 1760. The van der Waals surface area contributed by atoms with Gasteiger partial charge in [0.1, 0.15) is 11.6 Å². The fourth-order valence-corrected chi connectivity index (χ4v) is 5.81. The van der Waals surface area contributed by atoms with Crippen molar-refractivity contribution in [3.05, 3.63) is 113 Å². The van der Waals surface area contributed by atoms with Crippen LogP contribution in [-0.2, 0) is 33.2 Å². The molecule has 3 nitrogen and oxygen atoms in total. The van der Waals surface area contributed by atoms with Gasteiger partial charge in [0.25, 0.3) is 0 Å². The molecule has 4 heteroatoms. The van der Waals surface area contributed by atoms with Crippen LogP contribution < -0.4 is 0 Å².